The minimum atomic E-state index is -0.742. The summed E-state index contributed by atoms with van der Waals surface area (Å²) in [6, 6.07) is 26.6. The van der Waals surface area contributed by atoms with Crippen LogP contribution in [-0.4, -0.2) is 12.6 Å². The van der Waals surface area contributed by atoms with Gasteiger partial charge in [0.05, 0.1) is 18.1 Å². The van der Waals surface area contributed by atoms with Crippen LogP contribution in [0.25, 0.3) is 5.76 Å². The van der Waals surface area contributed by atoms with Crippen molar-refractivity contribution in [1.82, 2.24) is 0 Å². The van der Waals surface area contributed by atoms with Crippen molar-refractivity contribution in [2.45, 2.75) is 26.4 Å². The molecule has 1 aliphatic rings. The highest BCUT2D eigenvalue weighted by atomic mass is 16.5. The van der Waals surface area contributed by atoms with Crippen LogP contribution in [0.5, 0.6) is 5.75 Å². The smallest absolute Gasteiger partial charge is 0.338 e. The molecule has 1 heterocycles. The first-order valence-electron chi connectivity index (χ1n) is 11.3. The minimum Gasteiger partial charge on any atom is -0.489 e. The summed E-state index contributed by atoms with van der Waals surface area (Å²) < 4.78 is 17.1. The quantitative estimate of drug-likeness (QED) is 0.471. The lowest BCUT2D eigenvalue weighted by Crippen LogP contribution is -2.25. The summed E-state index contributed by atoms with van der Waals surface area (Å²) in [4.78, 5) is 13.1. The third-order valence-corrected chi connectivity index (χ3v) is 5.82. The molecule has 176 valence electrons. The van der Waals surface area contributed by atoms with E-state index in [9.17, 15) is 10.1 Å². The zero-order valence-electron chi connectivity index (χ0n) is 19.7. The Morgan fingerprint density at radius 2 is 1.71 bits per heavy atom. The summed E-state index contributed by atoms with van der Waals surface area (Å²) in [6.45, 7) is 4.39. The summed E-state index contributed by atoms with van der Waals surface area (Å²) in [6.07, 6.45) is 0. The fraction of sp³-hybridized carbons (Fsp3) is 0.172. The second-order valence-corrected chi connectivity index (χ2v) is 8.04. The Morgan fingerprint density at radius 1 is 1.03 bits per heavy atom. The van der Waals surface area contributed by atoms with Crippen LogP contribution in [0.4, 0.5) is 0 Å². The number of allylic oxidation sites excluding steroid dienone is 1. The number of aryl methyl sites for hydroxylation is 1. The first-order valence-corrected chi connectivity index (χ1v) is 11.3. The van der Waals surface area contributed by atoms with E-state index in [2.05, 4.69) is 6.07 Å². The highest BCUT2D eigenvalue weighted by molar-refractivity contribution is 5.99. The van der Waals surface area contributed by atoms with Crippen molar-refractivity contribution in [3.8, 4) is 11.8 Å². The number of ether oxygens (including phenoxy) is 3. The van der Waals surface area contributed by atoms with E-state index < -0.39 is 11.9 Å². The van der Waals surface area contributed by atoms with E-state index in [1.54, 1.807) is 6.92 Å². The van der Waals surface area contributed by atoms with E-state index in [1.165, 1.54) is 0 Å². The molecule has 1 atom stereocenters. The van der Waals surface area contributed by atoms with Crippen molar-refractivity contribution in [1.29, 1.82) is 5.26 Å². The van der Waals surface area contributed by atoms with Gasteiger partial charge >= 0.3 is 5.97 Å². The summed E-state index contributed by atoms with van der Waals surface area (Å²) in [7, 11) is 0. The lowest BCUT2D eigenvalue weighted by Gasteiger charge is -2.28. The maximum atomic E-state index is 13.1. The van der Waals surface area contributed by atoms with E-state index in [0.717, 1.165) is 11.1 Å². The Kier molecular flexibility index (Phi) is 7.18. The molecule has 3 aromatic rings. The van der Waals surface area contributed by atoms with Crippen molar-refractivity contribution >= 4 is 11.7 Å². The van der Waals surface area contributed by atoms with Crippen LogP contribution in [0.2, 0.25) is 0 Å². The van der Waals surface area contributed by atoms with Crippen LogP contribution in [-0.2, 0) is 20.9 Å². The van der Waals surface area contributed by atoms with E-state index in [1.807, 2.05) is 85.8 Å². The van der Waals surface area contributed by atoms with Gasteiger partial charge in [-0.05, 0) is 42.7 Å². The molecule has 6 nitrogen and oxygen atoms in total. The first kappa shape index (κ1) is 23.7. The average molecular weight is 467 g/mol. The van der Waals surface area contributed by atoms with Gasteiger partial charge in [-0.1, -0.05) is 66.7 Å². The molecule has 0 saturated heterocycles. The fourth-order valence-corrected chi connectivity index (χ4v) is 4.00. The third-order valence-electron chi connectivity index (χ3n) is 5.82. The molecule has 0 radical (unpaired) electrons. The Labute approximate surface area is 204 Å². The summed E-state index contributed by atoms with van der Waals surface area (Å²) in [5, 5.41) is 9.90. The van der Waals surface area contributed by atoms with E-state index >= 15 is 0 Å². The summed E-state index contributed by atoms with van der Waals surface area (Å²) in [5.74, 6) is -0.385. The fourth-order valence-electron chi connectivity index (χ4n) is 4.00. The zero-order valence-corrected chi connectivity index (χ0v) is 19.7. The second-order valence-electron chi connectivity index (χ2n) is 8.04. The van der Waals surface area contributed by atoms with Crippen LogP contribution in [0.15, 0.2) is 95.9 Å². The lowest BCUT2D eigenvalue weighted by molar-refractivity contribution is -0.138. The number of rotatable bonds is 7. The number of nitrogens with zero attached hydrogens (tertiary/aromatic N) is 1. The number of nitriles is 1. The van der Waals surface area contributed by atoms with Gasteiger partial charge in [-0.3, -0.25) is 0 Å². The Morgan fingerprint density at radius 3 is 2.37 bits per heavy atom. The van der Waals surface area contributed by atoms with E-state index in [-0.39, 0.29) is 29.4 Å². The maximum Gasteiger partial charge on any atom is 0.338 e. The van der Waals surface area contributed by atoms with Gasteiger partial charge in [0, 0.05) is 5.56 Å². The van der Waals surface area contributed by atoms with Gasteiger partial charge < -0.3 is 19.9 Å². The molecule has 0 aliphatic carbocycles. The predicted molar refractivity (Wildman–Crippen MR) is 133 cm³/mol. The van der Waals surface area contributed by atoms with Gasteiger partial charge in [0.25, 0.3) is 0 Å². The third kappa shape index (κ3) is 5.04. The molecule has 0 amide bonds. The molecule has 0 fully saturated rings. The van der Waals surface area contributed by atoms with Crippen LogP contribution < -0.4 is 10.5 Å². The number of carbonyl (C=O) groups is 1. The molecule has 6 heteroatoms. The molecule has 35 heavy (non-hydrogen) atoms. The number of esters is 1. The molecule has 1 unspecified atom stereocenters. The van der Waals surface area contributed by atoms with Gasteiger partial charge in [0.15, 0.2) is 0 Å². The standard InChI is InChI=1S/C29H26N2O4/c1-3-33-29(32)26-25(24(17-30)28(31)35-27(26)21-10-5-4-6-11-21)20-13-15-23(16-14-20)34-18-22-12-8-7-9-19(22)2/h4-16,25H,3,18,31H2,1-2H3. The van der Waals surface area contributed by atoms with Gasteiger partial charge in [-0.2, -0.15) is 5.26 Å². The number of benzene rings is 3. The van der Waals surface area contributed by atoms with Crippen molar-refractivity contribution in [2.24, 2.45) is 5.73 Å². The minimum absolute atomic E-state index is 0.0377. The van der Waals surface area contributed by atoms with Crippen LogP contribution in [0.3, 0.4) is 0 Å². The zero-order chi connectivity index (χ0) is 24.8. The largest absolute Gasteiger partial charge is 0.489 e. The molecular weight excluding hydrogens is 440 g/mol. The van der Waals surface area contributed by atoms with Crippen LogP contribution in [0.1, 0.15) is 35.1 Å². The summed E-state index contributed by atoms with van der Waals surface area (Å²) >= 11 is 0. The second kappa shape index (κ2) is 10.6. The van der Waals surface area contributed by atoms with Gasteiger partial charge in [-0.25, -0.2) is 4.79 Å². The van der Waals surface area contributed by atoms with Crippen molar-refractivity contribution < 1.29 is 19.0 Å². The van der Waals surface area contributed by atoms with E-state index in [4.69, 9.17) is 19.9 Å². The Balaban J connectivity index is 1.72. The molecule has 4 rings (SSSR count). The highest BCUT2D eigenvalue weighted by Gasteiger charge is 2.38. The normalized spacial score (nSPS) is 15.3. The van der Waals surface area contributed by atoms with Crippen molar-refractivity contribution in [3.05, 3.63) is 118 Å². The molecule has 3 aromatic carbocycles. The first-order chi connectivity index (χ1) is 17.0. The number of hydrogen-bond acceptors (Lipinski definition) is 6. The molecule has 0 spiro atoms. The van der Waals surface area contributed by atoms with Gasteiger partial charge in [0.1, 0.15) is 29.8 Å². The molecule has 1 aliphatic heterocycles. The molecular formula is C29H26N2O4. The predicted octanol–water partition coefficient (Wildman–Crippen LogP) is 5.36. The topological polar surface area (TPSA) is 94.6 Å². The maximum absolute atomic E-state index is 13.1. The number of hydrogen-bond donors (Lipinski definition) is 1. The van der Waals surface area contributed by atoms with Crippen molar-refractivity contribution in [3.63, 3.8) is 0 Å². The Hall–Kier alpha value is -4.50. The number of carbonyl (C=O) groups excluding carboxylic acids is 1. The number of nitrogens with two attached hydrogens (primary N) is 1. The molecule has 0 aromatic heterocycles. The Bertz CT molecular complexity index is 1320. The average Bonchev–Trinajstić information content (AvgIpc) is 2.88. The van der Waals surface area contributed by atoms with Gasteiger partial charge in [0.2, 0.25) is 5.88 Å². The van der Waals surface area contributed by atoms with Crippen molar-refractivity contribution in [2.75, 3.05) is 6.61 Å². The van der Waals surface area contributed by atoms with Crippen LogP contribution >= 0.6 is 0 Å². The van der Waals surface area contributed by atoms with E-state index in [0.29, 0.717) is 23.5 Å². The highest BCUT2D eigenvalue weighted by Crippen LogP contribution is 2.43. The van der Waals surface area contributed by atoms with Crippen LogP contribution in [0, 0.1) is 18.3 Å². The monoisotopic (exact) mass is 466 g/mol. The molecule has 2 N–H and O–H groups in total. The SMILES string of the molecule is CCOC(=O)C1=C(c2ccccc2)OC(N)=C(C#N)C1c1ccc(OCc2ccccc2C)cc1. The molecule has 0 saturated carbocycles. The van der Waals surface area contributed by atoms with Gasteiger partial charge in [-0.15, -0.1) is 0 Å². The molecule has 0 bridgehead atoms. The lowest BCUT2D eigenvalue weighted by atomic mass is 9.82. The summed E-state index contributed by atoms with van der Waals surface area (Å²) in [5.41, 5.74) is 10.2.